The number of methoxy groups -OCH3 is 2. The molecule has 1 heterocycles. The van der Waals surface area contributed by atoms with Crippen molar-refractivity contribution in [1.29, 1.82) is 0 Å². The number of hydrogen-bond donors (Lipinski definition) is 1. The Kier molecular flexibility index (Phi) is 6.75. The van der Waals surface area contributed by atoms with Gasteiger partial charge in [0.25, 0.3) is 0 Å². The topological polar surface area (TPSA) is 50.8 Å². The number of amides is 1. The summed E-state index contributed by atoms with van der Waals surface area (Å²) in [4.78, 5) is 14.4. The third-order valence-electron chi connectivity index (χ3n) is 5.51. The van der Waals surface area contributed by atoms with E-state index in [0.717, 1.165) is 24.1 Å². The molecule has 0 bridgehead atoms. The number of benzene rings is 2. The molecule has 6 heteroatoms. The molecule has 2 aromatic carbocycles. The van der Waals surface area contributed by atoms with E-state index in [1.165, 1.54) is 17.7 Å². The molecule has 0 fully saturated rings. The summed E-state index contributed by atoms with van der Waals surface area (Å²) in [6, 6.07) is 10.5. The van der Waals surface area contributed by atoms with Crippen molar-refractivity contribution in [2.75, 3.05) is 20.8 Å². The van der Waals surface area contributed by atoms with E-state index in [0.29, 0.717) is 24.5 Å². The van der Waals surface area contributed by atoms with Crippen molar-refractivity contribution in [3.8, 4) is 11.5 Å². The number of fused-ring (bicyclic) bond motifs is 1. The SMILES string of the molecule is CCC(=O)N[C@H](C)[C@@H]1c2cc(OC)c(OC)cc2CCN1Cc1ccc(F)cc1. The molecule has 156 valence electrons. The average molecular weight is 400 g/mol. The zero-order chi connectivity index (χ0) is 21.0. The largest absolute Gasteiger partial charge is 0.493 e. The Morgan fingerprint density at radius 1 is 1.21 bits per heavy atom. The minimum Gasteiger partial charge on any atom is -0.493 e. The fourth-order valence-electron chi connectivity index (χ4n) is 4.05. The third kappa shape index (κ3) is 4.70. The van der Waals surface area contributed by atoms with Gasteiger partial charge < -0.3 is 14.8 Å². The number of ether oxygens (including phenoxy) is 2. The zero-order valence-electron chi connectivity index (χ0n) is 17.5. The Morgan fingerprint density at radius 3 is 2.48 bits per heavy atom. The van der Waals surface area contributed by atoms with Crippen LogP contribution in [0, 0.1) is 5.82 Å². The molecule has 2 aromatic rings. The summed E-state index contributed by atoms with van der Waals surface area (Å²) in [5, 5.41) is 3.12. The number of nitrogens with one attached hydrogen (secondary N) is 1. The molecule has 0 aromatic heterocycles. The second kappa shape index (κ2) is 9.27. The van der Waals surface area contributed by atoms with E-state index in [2.05, 4.69) is 10.2 Å². The van der Waals surface area contributed by atoms with Crippen LogP contribution in [0.15, 0.2) is 36.4 Å². The van der Waals surface area contributed by atoms with Crippen LogP contribution in [0.2, 0.25) is 0 Å². The lowest BCUT2D eigenvalue weighted by molar-refractivity contribution is -0.121. The smallest absolute Gasteiger partial charge is 0.219 e. The van der Waals surface area contributed by atoms with Gasteiger partial charge in [-0.15, -0.1) is 0 Å². The fraction of sp³-hybridized carbons (Fsp3) is 0.435. The van der Waals surface area contributed by atoms with Gasteiger partial charge in [-0.2, -0.15) is 0 Å². The molecule has 0 unspecified atom stereocenters. The summed E-state index contributed by atoms with van der Waals surface area (Å²) in [5.74, 6) is 1.16. The molecule has 1 amide bonds. The summed E-state index contributed by atoms with van der Waals surface area (Å²) < 4.78 is 24.3. The third-order valence-corrected chi connectivity index (χ3v) is 5.51. The number of carbonyl (C=O) groups excluding carboxylic acids is 1. The molecule has 5 nitrogen and oxygen atoms in total. The monoisotopic (exact) mass is 400 g/mol. The predicted octanol–water partition coefficient (Wildman–Crippen LogP) is 3.86. The Morgan fingerprint density at radius 2 is 1.86 bits per heavy atom. The highest BCUT2D eigenvalue weighted by Gasteiger charge is 2.33. The minimum atomic E-state index is -0.241. The van der Waals surface area contributed by atoms with E-state index in [1.807, 2.05) is 38.1 Å². The first-order chi connectivity index (χ1) is 14.0. The van der Waals surface area contributed by atoms with Crippen LogP contribution in [-0.2, 0) is 17.8 Å². The van der Waals surface area contributed by atoms with Crippen molar-refractivity contribution in [1.82, 2.24) is 10.2 Å². The number of carbonyl (C=O) groups is 1. The molecule has 29 heavy (non-hydrogen) atoms. The Balaban J connectivity index is 1.98. The first kappa shape index (κ1) is 21.1. The summed E-state index contributed by atoms with van der Waals surface area (Å²) >= 11 is 0. The van der Waals surface area contributed by atoms with Crippen molar-refractivity contribution in [2.45, 2.75) is 45.3 Å². The van der Waals surface area contributed by atoms with Crippen LogP contribution in [0.3, 0.4) is 0 Å². The van der Waals surface area contributed by atoms with Gasteiger partial charge >= 0.3 is 0 Å². The lowest BCUT2D eigenvalue weighted by atomic mass is 9.87. The summed E-state index contributed by atoms with van der Waals surface area (Å²) in [7, 11) is 3.26. The first-order valence-corrected chi connectivity index (χ1v) is 9.99. The molecular weight excluding hydrogens is 371 g/mol. The van der Waals surface area contributed by atoms with Gasteiger partial charge in [0.2, 0.25) is 5.91 Å². The van der Waals surface area contributed by atoms with Crippen molar-refractivity contribution in [2.24, 2.45) is 0 Å². The summed E-state index contributed by atoms with van der Waals surface area (Å²) in [5.41, 5.74) is 3.36. The van der Waals surface area contributed by atoms with Gasteiger partial charge in [-0.25, -0.2) is 4.39 Å². The highest BCUT2D eigenvalue weighted by atomic mass is 19.1. The highest BCUT2D eigenvalue weighted by molar-refractivity contribution is 5.76. The van der Waals surface area contributed by atoms with Crippen molar-refractivity contribution < 1.29 is 18.7 Å². The van der Waals surface area contributed by atoms with Gasteiger partial charge in [0.15, 0.2) is 11.5 Å². The van der Waals surface area contributed by atoms with Crippen molar-refractivity contribution >= 4 is 5.91 Å². The molecule has 1 aliphatic rings. The molecule has 3 rings (SSSR count). The molecule has 0 spiro atoms. The van der Waals surface area contributed by atoms with E-state index >= 15 is 0 Å². The van der Waals surface area contributed by atoms with E-state index in [1.54, 1.807) is 14.2 Å². The quantitative estimate of drug-likeness (QED) is 0.767. The number of halogens is 1. The minimum absolute atomic E-state index is 0.0202. The van der Waals surface area contributed by atoms with Gasteiger partial charge in [0.05, 0.1) is 20.3 Å². The molecule has 1 aliphatic heterocycles. The maximum absolute atomic E-state index is 13.3. The van der Waals surface area contributed by atoms with Gasteiger partial charge in [-0.3, -0.25) is 9.69 Å². The lowest BCUT2D eigenvalue weighted by Gasteiger charge is -2.41. The molecule has 1 N–H and O–H groups in total. The molecule has 0 saturated heterocycles. The fourth-order valence-corrected chi connectivity index (χ4v) is 4.05. The van der Waals surface area contributed by atoms with Crippen molar-refractivity contribution in [3.63, 3.8) is 0 Å². The number of nitrogens with zero attached hydrogens (tertiary/aromatic N) is 1. The van der Waals surface area contributed by atoms with Crippen LogP contribution in [0.1, 0.15) is 43.0 Å². The van der Waals surface area contributed by atoms with Crippen LogP contribution < -0.4 is 14.8 Å². The zero-order valence-corrected chi connectivity index (χ0v) is 17.5. The Bertz CT molecular complexity index is 854. The second-order valence-electron chi connectivity index (χ2n) is 7.41. The van der Waals surface area contributed by atoms with Gasteiger partial charge in [-0.05, 0) is 54.3 Å². The average Bonchev–Trinajstić information content (AvgIpc) is 2.73. The first-order valence-electron chi connectivity index (χ1n) is 9.99. The maximum Gasteiger partial charge on any atom is 0.219 e. The van der Waals surface area contributed by atoms with Crippen LogP contribution in [0.4, 0.5) is 4.39 Å². The Labute approximate surface area is 171 Å². The number of rotatable bonds is 7. The summed E-state index contributed by atoms with van der Waals surface area (Å²) in [6.07, 6.45) is 1.30. The maximum atomic E-state index is 13.3. The summed E-state index contributed by atoms with van der Waals surface area (Å²) in [6.45, 7) is 5.38. The van der Waals surface area contributed by atoms with E-state index < -0.39 is 0 Å². The van der Waals surface area contributed by atoms with Crippen molar-refractivity contribution in [3.05, 3.63) is 58.9 Å². The van der Waals surface area contributed by atoms with E-state index in [-0.39, 0.29) is 23.8 Å². The normalized spacial score (nSPS) is 17.3. The van der Waals surface area contributed by atoms with Gasteiger partial charge in [-0.1, -0.05) is 19.1 Å². The van der Waals surface area contributed by atoms with Gasteiger partial charge in [0.1, 0.15) is 5.82 Å². The van der Waals surface area contributed by atoms with Crippen LogP contribution in [0.25, 0.3) is 0 Å². The molecule has 0 radical (unpaired) electrons. The van der Waals surface area contributed by atoms with Crippen LogP contribution in [0.5, 0.6) is 11.5 Å². The van der Waals surface area contributed by atoms with Gasteiger partial charge in [0, 0.05) is 25.6 Å². The molecule has 0 aliphatic carbocycles. The van der Waals surface area contributed by atoms with Crippen LogP contribution >= 0.6 is 0 Å². The number of hydrogen-bond acceptors (Lipinski definition) is 4. The predicted molar refractivity (Wildman–Crippen MR) is 111 cm³/mol. The molecule has 2 atom stereocenters. The molecule has 0 saturated carbocycles. The standard InChI is InChI=1S/C23H29FN2O3/c1-5-22(27)25-15(2)23-19-13-21(29-4)20(28-3)12-17(19)10-11-26(23)14-16-6-8-18(24)9-7-16/h6-9,12-13,15,23H,5,10-11,14H2,1-4H3,(H,25,27)/t15-,23-/m1/s1. The molecular formula is C23H29FN2O3. The highest BCUT2D eigenvalue weighted by Crippen LogP contribution is 2.40. The van der Waals surface area contributed by atoms with Crippen LogP contribution in [-0.4, -0.2) is 37.6 Å². The second-order valence-corrected chi connectivity index (χ2v) is 7.41. The van der Waals surface area contributed by atoms with E-state index in [9.17, 15) is 9.18 Å². The lowest BCUT2D eigenvalue weighted by Crippen LogP contribution is -2.47. The Hall–Kier alpha value is -2.60. The van der Waals surface area contributed by atoms with E-state index in [4.69, 9.17) is 9.47 Å².